The molecular weight excluding hydrogens is 686 g/mol. The Morgan fingerprint density at radius 1 is 0.878 bits per heavy atom. The van der Waals surface area contributed by atoms with Gasteiger partial charge in [0, 0.05) is 61.5 Å². The fourth-order valence-electron chi connectivity index (χ4n) is 5.35. The first-order chi connectivity index (χ1) is 23.5. The molecule has 1 amide bonds. The molecule has 0 saturated carbocycles. The van der Waals surface area contributed by atoms with E-state index in [4.69, 9.17) is 37.4 Å². The summed E-state index contributed by atoms with van der Waals surface area (Å²) in [6.45, 7) is 0.177. The van der Waals surface area contributed by atoms with E-state index in [9.17, 15) is 18.0 Å². The Bertz CT molecular complexity index is 1800. The van der Waals surface area contributed by atoms with Crippen LogP contribution < -0.4 is 25.4 Å². The van der Waals surface area contributed by atoms with E-state index in [-0.39, 0.29) is 30.1 Å². The van der Waals surface area contributed by atoms with Crippen molar-refractivity contribution in [1.29, 1.82) is 0 Å². The Kier molecular flexibility index (Phi) is 11.9. The number of ether oxygens (including phenoxy) is 3. The molecule has 0 aliphatic carbocycles. The highest BCUT2D eigenvalue weighted by molar-refractivity contribution is 6.39. The molecule has 0 bridgehead atoms. The number of rotatable bonds is 14. The van der Waals surface area contributed by atoms with Crippen LogP contribution >= 0.6 is 23.2 Å². The van der Waals surface area contributed by atoms with Gasteiger partial charge in [-0.2, -0.15) is 13.2 Å². The largest absolute Gasteiger partial charge is 0.480 e. The number of methoxy groups -OCH3 is 3. The number of carbonyl (C=O) groups is 1. The molecule has 260 valence electrons. The summed E-state index contributed by atoms with van der Waals surface area (Å²) in [5, 5.41) is 9.32. The van der Waals surface area contributed by atoms with Gasteiger partial charge in [-0.3, -0.25) is 20.1 Å². The normalized spacial score (nSPS) is 15.3. The molecular formula is C33H34Cl2F3N7O4. The first kappa shape index (κ1) is 36.2. The number of hydrogen-bond donors (Lipinski definition) is 3. The van der Waals surface area contributed by atoms with Gasteiger partial charge in [-0.15, -0.1) is 0 Å². The molecule has 16 heteroatoms. The quantitative estimate of drug-likeness (QED) is 0.151. The number of nitrogens with zero attached hydrogens (tertiary/aromatic N) is 4. The minimum atomic E-state index is -4.51. The van der Waals surface area contributed by atoms with Crippen LogP contribution in [-0.4, -0.2) is 78.6 Å². The van der Waals surface area contributed by atoms with Crippen LogP contribution in [0, 0.1) is 0 Å². The predicted octanol–water partition coefficient (Wildman–Crippen LogP) is 5.63. The highest BCUT2D eigenvalue weighted by atomic mass is 35.5. The van der Waals surface area contributed by atoms with E-state index in [0.717, 1.165) is 6.42 Å². The predicted molar refractivity (Wildman–Crippen MR) is 178 cm³/mol. The van der Waals surface area contributed by atoms with Gasteiger partial charge in [-0.1, -0.05) is 59.6 Å². The van der Waals surface area contributed by atoms with Crippen LogP contribution in [0.5, 0.6) is 11.8 Å². The minimum Gasteiger partial charge on any atom is -0.480 e. The summed E-state index contributed by atoms with van der Waals surface area (Å²) in [6.07, 6.45) is -0.167. The number of carbonyl (C=O) groups excluding carboxylic acids is 1. The topological polar surface area (TPSA) is 132 Å². The van der Waals surface area contributed by atoms with Crippen molar-refractivity contribution in [3.63, 3.8) is 0 Å². The van der Waals surface area contributed by atoms with Crippen LogP contribution in [0.1, 0.15) is 24.2 Å². The van der Waals surface area contributed by atoms with Crippen molar-refractivity contribution in [2.24, 2.45) is 0 Å². The van der Waals surface area contributed by atoms with Crippen molar-refractivity contribution in [2.45, 2.75) is 44.2 Å². The molecule has 0 spiro atoms. The molecule has 2 aromatic carbocycles. The molecule has 1 saturated heterocycles. The molecule has 1 aliphatic rings. The number of benzene rings is 2. The van der Waals surface area contributed by atoms with E-state index in [1.54, 1.807) is 24.4 Å². The Labute approximate surface area is 290 Å². The van der Waals surface area contributed by atoms with E-state index in [1.807, 2.05) is 18.2 Å². The average Bonchev–Trinajstić information content (AvgIpc) is 3.51. The lowest BCUT2D eigenvalue weighted by atomic mass is 9.98. The monoisotopic (exact) mass is 719 g/mol. The molecule has 0 radical (unpaired) electrons. The molecule has 49 heavy (non-hydrogen) atoms. The van der Waals surface area contributed by atoms with Crippen LogP contribution in [-0.2, 0) is 22.6 Å². The second kappa shape index (κ2) is 16.1. The van der Waals surface area contributed by atoms with Gasteiger partial charge in [0.15, 0.2) is 0 Å². The number of alkyl halides is 3. The molecule has 5 rings (SSSR count). The molecule has 1 aliphatic heterocycles. The van der Waals surface area contributed by atoms with Gasteiger partial charge in [0.1, 0.15) is 17.4 Å². The van der Waals surface area contributed by atoms with Crippen molar-refractivity contribution in [3.05, 3.63) is 70.2 Å². The van der Waals surface area contributed by atoms with Crippen molar-refractivity contribution < 1.29 is 32.2 Å². The van der Waals surface area contributed by atoms with Gasteiger partial charge in [0.2, 0.25) is 17.7 Å². The van der Waals surface area contributed by atoms with Gasteiger partial charge in [-0.05, 0) is 6.42 Å². The van der Waals surface area contributed by atoms with E-state index in [0.29, 0.717) is 74.8 Å². The first-order valence-electron chi connectivity index (χ1n) is 15.2. The molecule has 11 nitrogen and oxygen atoms in total. The summed E-state index contributed by atoms with van der Waals surface area (Å²) < 4.78 is 55.6. The minimum absolute atomic E-state index is 0.0429. The summed E-state index contributed by atoms with van der Waals surface area (Å²) in [6, 6.07) is 8.97. The fourth-order valence-corrected chi connectivity index (χ4v) is 6.00. The lowest BCUT2D eigenvalue weighted by Gasteiger charge is -2.21. The van der Waals surface area contributed by atoms with Crippen LogP contribution in [0.15, 0.2) is 48.8 Å². The maximum atomic E-state index is 13.3. The molecule has 2 atom stereocenters. The van der Waals surface area contributed by atoms with E-state index in [2.05, 4.69) is 35.9 Å². The highest BCUT2D eigenvalue weighted by Crippen LogP contribution is 2.42. The summed E-state index contributed by atoms with van der Waals surface area (Å²) in [5.41, 5.74) is 3.95. The Morgan fingerprint density at radius 2 is 1.41 bits per heavy atom. The molecule has 3 N–H and O–H groups in total. The van der Waals surface area contributed by atoms with Crippen molar-refractivity contribution >= 4 is 29.1 Å². The zero-order valence-corrected chi connectivity index (χ0v) is 28.3. The number of amides is 1. The smallest absolute Gasteiger partial charge is 0.406 e. The third kappa shape index (κ3) is 8.57. The Morgan fingerprint density at radius 3 is 1.88 bits per heavy atom. The zero-order valence-electron chi connectivity index (χ0n) is 26.8. The zero-order chi connectivity index (χ0) is 35.1. The van der Waals surface area contributed by atoms with Gasteiger partial charge < -0.3 is 24.8 Å². The number of hydrogen-bond acceptors (Lipinski definition) is 10. The fraction of sp³-hybridized carbons (Fsp3) is 0.364. The van der Waals surface area contributed by atoms with Crippen LogP contribution in [0.2, 0.25) is 10.0 Å². The van der Waals surface area contributed by atoms with Crippen LogP contribution in [0.25, 0.3) is 33.6 Å². The lowest BCUT2D eigenvalue weighted by Crippen LogP contribution is -2.45. The SMILES string of the molecule is COCC(NCc1ncc(-c2cccc(-c3cccc(-c4cnc(CNC[C@@H]5CCC(=O)N5)c(OC)n4)c3Cl)c2Cl)nc1OC)C(F)(F)F. The maximum absolute atomic E-state index is 13.3. The van der Waals surface area contributed by atoms with E-state index >= 15 is 0 Å². The molecule has 1 unspecified atom stereocenters. The Balaban J connectivity index is 1.38. The van der Waals surface area contributed by atoms with Gasteiger partial charge in [-0.25, -0.2) is 9.97 Å². The summed E-state index contributed by atoms with van der Waals surface area (Å²) in [4.78, 5) is 29.5. The van der Waals surface area contributed by atoms with Gasteiger partial charge in [0.25, 0.3) is 0 Å². The summed E-state index contributed by atoms with van der Waals surface area (Å²) in [5.74, 6) is 0.432. The van der Waals surface area contributed by atoms with Crippen LogP contribution in [0.4, 0.5) is 13.2 Å². The molecule has 4 aromatic rings. The third-order valence-electron chi connectivity index (χ3n) is 7.86. The summed E-state index contributed by atoms with van der Waals surface area (Å²) in [7, 11) is 4.07. The van der Waals surface area contributed by atoms with Gasteiger partial charge >= 0.3 is 6.18 Å². The molecule has 3 heterocycles. The Hall–Kier alpha value is -4.08. The summed E-state index contributed by atoms with van der Waals surface area (Å²) >= 11 is 13.9. The number of halogens is 5. The van der Waals surface area contributed by atoms with Crippen molar-refractivity contribution in [3.8, 4) is 45.4 Å². The number of nitrogens with one attached hydrogen (secondary N) is 3. The number of aromatic nitrogens is 4. The maximum Gasteiger partial charge on any atom is 0.406 e. The van der Waals surface area contributed by atoms with Crippen LogP contribution in [0.3, 0.4) is 0 Å². The van der Waals surface area contributed by atoms with Crippen molar-refractivity contribution in [1.82, 2.24) is 35.9 Å². The third-order valence-corrected chi connectivity index (χ3v) is 8.68. The molecule has 1 fully saturated rings. The second-order valence-electron chi connectivity index (χ2n) is 11.1. The van der Waals surface area contributed by atoms with Crippen molar-refractivity contribution in [2.75, 3.05) is 34.5 Å². The van der Waals surface area contributed by atoms with Gasteiger partial charge in [0.05, 0.1) is 54.7 Å². The lowest BCUT2D eigenvalue weighted by molar-refractivity contribution is -0.166. The second-order valence-corrected chi connectivity index (χ2v) is 11.9. The average molecular weight is 721 g/mol. The standard InChI is InChI=1S/C33H34Cl2F3N7O4/c1-47-17-27(33(36,37)38)42-16-26-32(49-3)45-24(15-41-26)22-9-5-7-20(30(22)35)19-6-4-8-21(29(19)34)23-14-40-25(31(44-23)48-2)13-39-12-18-10-11-28(46)43-18/h4-9,14-15,18,27,39,42H,10-13,16-17H2,1-3H3,(H,43,46)/t18-,27?/m0/s1. The highest BCUT2D eigenvalue weighted by Gasteiger charge is 2.39. The van der Waals surface area contributed by atoms with E-state index in [1.165, 1.54) is 27.5 Å². The molecule has 2 aromatic heterocycles. The van der Waals surface area contributed by atoms with E-state index < -0.39 is 18.8 Å². The first-order valence-corrected chi connectivity index (χ1v) is 16.0.